The molecule has 0 bridgehead atoms. The molecule has 3 amide bonds. The molecule has 2 fully saturated rings. The zero-order valence-corrected chi connectivity index (χ0v) is 26.5. The quantitative estimate of drug-likeness (QED) is 0.346. The Balaban J connectivity index is 1.31. The second-order valence-electron chi connectivity index (χ2n) is 12.9. The lowest BCUT2D eigenvalue weighted by atomic mass is 9.71. The van der Waals surface area contributed by atoms with Gasteiger partial charge in [-0.1, -0.05) is 67.6 Å². The highest BCUT2D eigenvalue weighted by atomic mass is 16.6. The van der Waals surface area contributed by atoms with Gasteiger partial charge in [-0.25, -0.2) is 4.79 Å². The molecule has 0 aliphatic carbocycles. The van der Waals surface area contributed by atoms with Crippen LogP contribution in [0, 0.1) is 11.8 Å². The van der Waals surface area contributed by atoms with E-state index in [0.29, 0.717) is 36.6 Å². The molecular weight excluding hydrogens is 586 g/mol. The van der Waals surface area contributed by atoms with Gasteiger partial charge in [0.25, 0.3) is 5.91 Å². The number of nitrogens with zero attached hydrogens (tertiary/aromatic N) is 3. The first kappa shape index (κ1) is 31.7. The number of aliphatic hydroxyl groups is 2. The second kappa shape index (κ2) is 12.5. The van der Waals surface area contributed by atoms with Crippen molar-refractivity contribution in [1.82, 2.24) is 4.90 Å². The van der Waals surface area contributed by atoms with E-state index < -0.39 is 35.2 Å². The van der Waals surface area contributed by atoms with Crippen molar-refractivity contribution in [2.75, 3.05) is 36.1 Å². The van der Waals surface area contributed by atoms with E-state index in [2.05, 4.69) is 0 Å². The summed E-state index contributed by atoms with van der Waals surface area (Å²) < 4.78 is 11.9. The predicted octanol–water partition coefficient (Wildman–Crippen LogP) is 4.22. The van der Waals surface area contributed by atoms with Crippen molar-refractivity contribution >= 4 is 29.3 Å². The van der Waals surface area contributed by atoms with Crippen LogP contribution in [0.4, 0.5) is 16.2 Å². The fourth-order valence-electron chi connectivity index (χ4n) is 7.54. The van der Waals surface area contributed by atoms with Crippen molar-refractivity contribution in [3.05, 3.63) is 95.6 Å². The largest absolute Gasteiger partial charge is 0.447 e. The number of aliphatic hydroxyl groups excluding tert-OH is 1. The van der Waals surface area contributed by atoms with Gasteiger partial charge in [-0.05, 0) is 43.2 Å². The molecule has 242 valence electrons. The molecule has 2 N–H and O–H groups in total. The Labute approximate surface area is 269 Å². The molecule has 10 nitrogen and oxygen atoms in total. The van der Waals surface area contributed by atoms with Gasteiger partial charge in [0.15, 0.2) is 5.60 Å². The first-order chi connectivity index (χ1) is 22.0. The molecule has 3 aromatic rings. The molecule has 10 heteroatoms. The van der Waals surface area contributed by atoms with Gasteiger partial charge in [0.05, 0.1) is 43.5 Å². The van der Waals surface area contributed by atoms with Gasteiger partial charge in [-0.2, -0.15) is 0 Å². The number of hydrogen-bond acceptors (Lipinski definition) is 7. The molecule has 3 aliphatic rings. The molecule has 0 radical (unpaired) electrons. The summed E-state index contributed by atoms with van der Waals surface area (Å²) in [6.07, 6.45) is -1.22. The lowest BCUT2D eigenvalue weighted by Crippen LogP contribution is -2.46. The molecular formula is C36H41N3O7. The Morgan fingerprint density at radius 1 is 1.02 bits per heavy atom. The number of benzene rings is 3. The maximum Gasteiger partial charge on any atom is 0.414 e. The van der Waals surface area contributed by atoms with Gasteiger partial charge in [0.1, 0.15) is 6.61 Å². The maximum atomic E-state index is 14.7. The number of cyclic esters (lactones) is 1. The smallest absolute Gasteiger partial charge is 0.414 e. The van der Waals surface area contributed by atoms with Gasteiger partial charge in [0, 0.05) is 36.2 Å². The van der Waals surface area contributed by atoms with Crippen LogP contribution in [-0.4, -0.2) is 71.0 Å². The molecule has 2 saturated heterocycles. The summed E-state index contributed by atoms with van der Waals surface area (Å²) in [5, 5.41) is 21.2. The fourth-order valence-corrected chi connectivity index (χ4v) is 7.54. The van der Waals surface area contributed by atoms with Crippen molar-refractivity contribution in [3.63, 3.8) is 0 Å². The van der Waals surface area contributed by atoms with Crippen LogP contribution >= 0.6 is 0 Å². The van der Waals surface area contributed by atoms with Crippen LogP contribution in [0.5, 0.6) is 0 Å². The lowest BCUT2D eigenvalue weighted by Gasteiger charge is -2.34. The summed E-state index contributed by atoms with van der Waals surface area (Å²) in [5.41, 5.74) is 1.19. The van der Waals surface area contributed by atoms with Crippen LogP contribution in [-0.2, 0) is 37.8 Å². The van der Waals surface area contributed by atoms with E-state index >= 15 is 0 Å². The average Bonchev–Trinajstić information content (AvgIpc) is 3.66. The molecule has 1 spiro atoms. The SMILES string of the molecule is C[C@H]1[C@H](C(C)(C)O)[C@@H](CC(=O)N(CCO)Cc2ccccc2)O[C@]12C(=O)N(Cc1cccc(N3CCOC3=O)c1)c1ccccc12. The number of rotatable bonds is 10. The van der Waals surface area contributed by atoms with E-state index in [1.807, 2.05) is 85.8 Å². The Bertz CT molecular complexity index is 1610. The van der Waals surface area contributed by atoms with Crippen molar-refractivity contribution in [3.8, 4) is 0 Å². The standard InChI is InChI=1S/C36H41N3O7/c1-24-32(35(2,3)44)30(21-31(41)37(16-18-40)22-25-10-5-4-6-11-25)46-36(24)28-14-7-8-15-29(28)39(33(36)42)23-26-12-9-13-27(20-26)38-17-19-45-34(38)43/h4-15,20,24,30,32,40,44H,16-19,21-23H2,1-3H3/t24-,30+,32-,36+/m0/s1. The molecule has 3 heterocycles. The Hall–Kier alpha value is -4.25. The van der Waals surface area contributed by atoms with E-state index in [0.717, 1.165) is 11.1 Å². The first-order valence-corrected chi connectivity index (χ1v) is 15.8. The molecule has 0 aromatic heterocycles. The summed E-state index contributed by atoms with van der Waals surface area (Å²) >= 11 is 0. The minimum Gasteiger partial charge on any atom is -0.447 e. The summed E-state index contributed by atoms with van der Waals surface area (Å²) in [5.74, 6) is -1.51. The van der Waals surface area contributed by atoms with E-state index in [-0.39, 0.29) is 37.9 Å². The minimum absolute atomic E-state index is 0.0585. The summed E-state index contributed by atoms with van der Waals surface area (Å²) in [7, 11) is 0. The topological polar surface area (TPSA) is 120 Å². The van der Waals surface area contributed by atoms with E-state index in [1.165, 1.54) is 0 Å². The number of fused-ring (bicyclic) bond motifs is 2. The molecule has 0 unspecified atom stereocenters. The molecule has 4 atom stereocenters. The van der Waals surface area contributed by atoms with E-state index in [4.69, 9.17) is 9.47 Å². The number of carbonyl (C=O) groups is 3. The van der Waals surface area contributed by atoms with Crippen molar-refractivity contribution in [1.29, 1.82) is 0 Å². The molecule has 3 aliphatic heterocycles. The van der Waals surface area contributed by atoms with Crippen molar-refractivity contribution < 1.29 is 34.1 Å². The first-order valence-electron chi connectivity index (χ1n) is 15.8. The highest BCUT2D eigenvalue weighted by Gasteiger charge is 2.66. The van der Waals surface area contributed by atoms with Gasteiger partial charge in [0.2, 0.25) is 5.91 Å². The van der Waals surface area contributed by atoms with Gasteiger partial charge >= 0.3 is 6.09 Å². The zero-order valence-electron chi connectivity index (χ0n) is 26.5. The predicted molar refractivity (Wildman–Crippen MR) is 172 cm³/mol. The summed E-state index contributed by atoms with van der Waals surface area (Å²) in [6, 6.07) is 24.6. The molecule has 0 saturated carbocycles. The zero-order chi connectivity index (χ0) is 32.6. The Kier molecular flexibility index (Phi) is 8.62. The minimum atomic E-state index is -1.41. The number of para-hydroxylation sites is 1. The van der Waals surface area contributed by atoms with Crippen LogP contribution in [0.15, 0.2) is 78.9 Å². The number of anilines is 2. The third-order valence-electron chi connectivity index (χ3n) is 9.53. The Morgan fingerprint density at radius 2 is 1.74 bits per heavy atom. The van der Waals surface area contributed by atoms with Gasteiger partial charge in [-0.15, -0.1) is 0 Å². The third kappa shape index (κ3) is 5.65. The van der Waals surface area contributed by atoms with Crippen LogP contribution in [0.2, 0.25) is 0 Å². The number of ether oxygens (including phenoxy) is 2. The van der Waals surface area contributed by atoms with Crippen molar-refractivity contribution in [2.45, 2.75) is 57.6 Å². The molecule has 46 heavy (non-hydrogen) atoms. The molecule has 6 rings (SSSR count). The second-order valence-corrected chi connectivity index (χ2v) is 12.9. The summed E-state index contributed by atoms with van der Waals surface area (Å²) in [4.78, 5) is 45.5. The average molecular weight is 628 g/mol. The summed E-state index contributed by atoms with van der Waals surface area (Å²) in [6.45, 7) is 6.62. The van der Waals surface area contributed by atoms with Crippen LogP contribution in [0.3, 0.4) is 0 Å². The number of carbonyl (C=O) groups excluding carboxylic acids is 3. The monoisotopic (exact) mass is 627 g/mol. The van der Waals surface area contributed by atoms with E-state index in [9.17, 15) is 24.6 Å². The fraction of sp³-hybridized carbons (Fsp3) is 0.417. The van der Waals surface area contributed by atoms with Crippen LogP contribution in [0.25, 0.3) is 0 Å². The third-order valence-corrected chi connectivity index (χ3v) is 9.53. The molecule has 3 aromatic carbocycles. The normalized spacial score (nSPS) is 24.1. The highest BCUT2D eigenvalue weighted by molar-refractivity contribution is 6.07. The maximum absolute atomic E-state index is 14.7. The van der Waals surface area contributed by atoms with Gasteiger partial charge < -0.3 is 29.5 Å². The number of amides is 3. The van der Waals surface area contributed by atoms with E-state index in [1.54, 1.807) is 28.5 Å². The Morgan fingerprint density at radius 3 is 2.43 bits per heavy atom. The van der Waals surface area contributed by atoms with Gasteiger partial charge in [-0.3, -0.25) is 14.5 Å². The van der Waals surface area contributed by atoms with Crippen LogP contribution < -0.4 is 9.80 Å². The number of hydrogen-bond donors (Lipinski definition) is 2. The lowest BCUT2D eigenvalue weighted by molar-refractivity contribution is -0.150. The van der Waals surface area contributed by atoms with Crippen LogP contribution in [0.1, 0.15) is 43.9 Å². The highest BCUT2D eigenvalue weighted by Crippen LogP contribution is 2.58. The van der Waals surface area contributed by atoms with Crippen molar-refractivity contribution in [2.24, 2.45) is 11.8 Å².